The Bertz CT molecular complexity index is 690. The maximum absolute atomic E-state index is 12.7. The summed E-state index contributed by atoms with van der Waals surface area (Å²) < 4.78 is 7.26. The molecule has 0 aromatic carbocycles. The first-order valence-electron chi connectivity index (χ1n) is 7.90. The average molecular weight is 317 g/mol. The third kappa shape index (κ3) is 3.01. The van der Waals surface area contributed by atoms with Gasteiger partial charge in [-0.2, -0.15) is 0 Å². The number of carbonyl (C=O) groups is 1. The van der Waals surface area contributed by atoms with Crippen molar-refractivity contribution in [3.8, 4) is 0 Å². The molecule has 2 aromatic heterocycles. The SMILES string of the molecule is CC(C)c1cc(C(=O)N2CCN(C)C(c3nccn3C)C2)no1. The Hall–Kier alpha value is -2.15. The molecule has 7 nitrogen and oxygen atoms in total. The highest BCUT2D eigenvalue weighted by atomic mass is 16.5. The average Bonchev–Trinajstić information content (AvgIpc) is 3.16. The van der Waals surface area contributed by atoms with Gasteiger partial charge in [0.25, 0.3) is 5.91 Å². The molecule has 1 saturated heterocycles. The quantitative estimate of drug-likeness (QED) is 0.861. The van der Waals surface area contributed by atoms with Crippen molar-refractivity contribution in [3.63, 3.8) is 0 Å². The predicted octanol–water partition coefficient (Wildman–Crippen LogP) is 1.66. The predicted molar refractivity (Wildman–Crippen MR) is 85.1 cm³/mol. The summed E-state index contributed by atoms with van der Waals surface area (Å²) in [6.45, 7) is 6.12. The van der Waals surface area contributed by atoms with Gasteiger partial charge in [0.15, 0.2) is 5.69 Å². The van der Waals surface area contributed by atoms with Gasteiger partial charge in [0, 0.05) is 51.1 Å². The molecule has 0 saturated carbocycles. The second-order valence-electron chi connectivity index (χ2n) is 6.41. The van der Waals surface area contributed by atoms with Crippen molar-refractivity contribution in [2.45, 2.75) is 25.8 Å². The zero-order valence-corrected chi connectivity index (χ0v) is 14.1. The molecule has 0 spiro atoms. The summed E-state index contributed by atoms with van der Waals surface area (Å²) in [5, 5.41) is 3.94. The van der Waals surface area contributed by atoms with Crippen LogP contribution in [0.4, 0.5) is 0 Å². The van der Waals surface area contributed by atoms with Crippen LogP contribution in [0.5, 0.6) is 0 Å². The van der Waals surface area contributed by atoms with Crippen LogP contribution in [0.2, 0.25) is 0 Å². The largest absolute Gasteiger partial charge is 0.360 e. The molecule has 0 radical (unpaired) electrons. The molecule has 1 aliphatic heterocycles. The van der Waals surface area contributed by atoms with E-state index in [0.717, 1.165) is 18.1 Å². The lowest BCUT2D eigenvalue weighted by Crippen LogP contribution is -2.49. The molecule has 1 fully saturated rings. The Morgan fingerprint density at radius 2 is 2.13 bits per heavy atom. The van der Waals surface area contributed by atoms with Crippen LogP contribution in [-0.2, 0) is 7.05 Å². The topological polar surface area (TPSA) is 67.4 Å². The van der Waals surface area contributed by atoms with Crippen LogP contribution in [0, 0.1) is 0 Å². The smallest absolute Gasteiger partial charge is 0.276 e. The van der Waals surface area contributed by atoms with Crippen LogP contribution in [0.3, 0.4) is 0 Å². The highest BCUT2D eigenvalue weighted by Gasteiger charge is 2.32. The van der Waals surface area contributed by atoms with E-state index in [0.29, 0.717) is 18.8 Å². The normalized spacial score (nSPS) is 19.5. The molecule has 7 heteroatoms. The van der Waals surface area contributed by atoms with Gasteiger partial charge in [0.05, 0.1) is 6.04 Å². The number of nitrogens with zero attached hydrogens (tertiary/aromatic N) is 5. The first-order chi connectivity index (χ1) is 11.0. The number of piperazine rings is 1. The summed E-state index contributed by atoms with van der Waals surface area (Å²) in [6.07, 6.45) is 3.72. The molecule has 0 N–H and O–H groups in total. The number of hydrogen-bond donors (Lipinski definition) is 0. The number of amides is 1. The fraction of sp³-hybridized carbons (Fsp3) is 0.562. The Morgan fingerprint density at radius 1 is 1.35 bits per heavy atom. The summed E-state index contributed by atoms with van der Waals surface area (Å²) >= 11 is 0. The molecule has 124 valence electrons. The van der Waals surface area contributed by atoms with Gasteiger partial charge in [-0.25, -0.2) is 4.98 Å². The zero-order valence-electron chi connectivity index (χ0n) is 14.1. The molecule has 23 heavy (non-hydrogen) atoms. The van der Waals surface area contributed by atoms with Crippen molar-refractivity contribution < 1.29 is 9.32 Å². The molecule has 1 atom stereocenters. The molecule has 1 unspecified atom stereocenters. The summed E-state index contributed by atoms with van der Waals surface area (Å²) in [6, 6.07) is 1.84. The second-order valence-corrected chi connectivity index (χ2v) is 6.41. The van der Waals surface area contributed by atoms with E-state index in [-0.39, 0.29) is 17.9 Å². The standard InChI is InChI=1S/C16H23N5O2/c1-11(2)14-9-12(18-23-14)16(22)21-8-7-19(3)13(10-21)15-17-5-6-20(15)4/h5-6,9,11,13H,7-8,10H2,1-4H3. The zero-order chi connectivity index (χ0) is 16.6. The fourth-order valence-corrected chi connectivity index (χ4v) is 2.86. The highest BCUT2D eigenvalue weighted by molar-refractivity contribution is 5.92. The number of aryl methyl sites for hydroxylation is 1. The van der Waals surface area contributed by atoms with Gasteiger partial charge in [0.2, 0.25) is 0 Å². The summed E-state index contributed by atoms with van der Waals surface area (Å²) in [5.41, 5.74) is 0.386. The molecular formula is C16H23N5O2. The van der Waals surface area contributed by atoms with E-state index in [1.807, 2.05) is 36.6 Å². The van der Waals surface area contributed by atoms with Gasteiger partial charge in [-0.1, -0.05) is 19.0 Å². The number of likely N-dealkylation sites (N-methyl/N-ethyl adjacent to an activating group) is 1. The highest BCUT2D eigenvalue weighted by Crippen LogP contribution is 2.24. The van der Waals surface area contributed by atoms with E-state index in [4.69, 9.17) is 4.52 Å². The minimum absolute atomic E-state index is 0.0760. The molecule has 0 aliphatic carbocycles. The van der Waals surface area contributed by atoms with Crippen molar-refractivity contribution in [3.05, 3.63) is 35.7 Å². The minimum atomic E-state index is -0.0760. The van der Waals surface area contributed by atoms with E-state index < -0.39 is 0 Å². The Morgan fingerprint density at radius 3 is 2.74 bits per heavy atom. The second kappa shape index (κ2) is 6.16. The van der Waals surface area contributed by atoms with Gasteiger partial charge >= 0.3 is 0 Å². The fourth-order valence-electron chi connectivity index (χ4n) is 2.86. The van der Waals surface area contributed by atoms with Gasteiger partial charge in [-0.05, 0) is 7.05 Å². The molecular weight excluding hydrogens is 294 g/mol. The van der Waals surface area contributed by atoms with Crippen molar-refractivity contribution in [2.24, 2.45) is 7.05 Å². The lowest BCUT2D eigenvalue weighted by Gasteiger charge is -2.38. The number of rotatable bonds is 3. The van der Waals surface area contributed by atoms with Crippen LogP contribution < -0.4 is 0 Å². The maximum Gasteiger partial charge on any atom is 0.276 e. The molecule has 1 amide bonds. The number of imidazole rings is 1. The van der Waals surface area contributed by atoms with E-state index in [1.165, 1.54) is 0 Å². The lowest BCUT2D eigenvalue weighted by atomic mass is 10.1. The number of carbonyl (C=O) groups excluding carboxylic acids is 1. The van der Waals surface area contributed by atoms with Gasteiger partial charge in [-0.15, -0.1) is 0 Å². The lowest BCUT2D eigenvalue weighted by molar-refractivity contribution is 0.0519. The monoisotopic (exact) mass is 317 g/mol. The van der Waals surface area contributed by atoms with Crippen LogP contribution in [0.25, 0.3) is 0 Å². The Kier molecular flexibility index (Phi) is 4.21. The maximum atomic E-state index is 12.7. The molecule has 3 rings (SSSR count). The first-order valence-corrected chi connectivity index (χ1v) is 7.90. The third-order valence-corrected chi connectivity index (χ3v) is 4.41. The van der Waals surface area contributed by atoms with Crippen molar-refractivity contribution >= 4 is 5.91 Å². The van der Waals surface area contributed by atoms with E-state index >= 15 is 0 Å². The van der Waals surface area contributed by atoms with E-state index in [1.54, 1.807) is 12.3 Å². The van der Waals surface area contributed by atoms with Crippen LogP contribution in [-0.4, -0.2) is 57.1 Å². The van der Waals surface area contributed by atoms with Crippen molar-refractivity contribution in [1.82, 2.24) is 24.5 Å². The molecule has 1 aliphatic rings. The van der Waals surface area contributed by atoms with Crippen molar-refractivity contribution in [2.75, 3.05) is 26.7 Å². The number of aromatic nitrogens is 3. The van der Waals surface area contributed by atoms with Gasteiger partial charge < -0.3 is 14.0 Å². The van der Waals surface area contributed by atoms with Crippen LogP contribution in [0.15, 0.2) is 23.0 Å². The Balaban J connectivity index is 1.77. The minimum Gasteiger partial charge on any atom is -0.360 e. The summed E-state index contributed by atoms with van der Waals surface area (Å²) in [4.78, 5) is 21.2. The van der Waals surface area contributed by atoms with E-state index in [9.17, 15) is 4.79 Å². The molecule has 0 bridgehead atoms. The van der Waals surface area contributed by atoms with Gasteiger partial charge in [0.1, 0.15) is 11.6 Å². The summed E-state index contributed by atoms with van der Waals surface area (Å²) in [5.74, 6) is 1.85. The molecule has 3 heterocycles. The van der Waals surface area contributed by atoms with E-state index in [2.05, 4.69) is 22.1 Å². The third-order valence-electron chi connectivity index (χ3n) is 4.41. The van der Waals surface area contributed by atoms with Gasteiger partial charge in [-0.3, -0.25) is 9.69 Å². The van der Waals surface area contributed by atoms with Crippen LogP contribution in [0.1, 0.15) is 47.9 Å². The van der Waals surface area contributed by atoms with Crippen molar-refractivity contribution in [1.29, 1.82) is 0 Å². The molecule has 2 aromatic rings. The first kappa shape index (κ1) is 15.7. The summed E-state index contributed by atoms with van der Waals surface area (Å²) in [7, 11) is 4.04. The number of hydrogen-bond acceptors (Lipinski definition) is 5. The Labute approximate surface area is 135 Å². The van der Waals surface area contributed by atoms with Crippen LogP contribution >= 0.6 is 0 Å².